The van der Waals surface area contributed by atoms with Gasteiger partial charge in [-0.1, -0.05) is 17.8 Å². The third kappa shape index (κ3) is 3.26. The van der Waals surface area contributed by atoms with Gasteiger partial charge >= 0.3 is 0 Å². The first-order valence-corrected chi connectivity index (χ1v) is 8.52. The zero-order valence-electron chi connectivity index (χ0n) is 13.3. The second-order valence-corrected chi connectivity index (χ2v) is 6.39. The molecule has 25 heavy (non-hydrogen) atoms. The van der Waals surface area contributed by atoms with Crippen molar-refractivity contribution in [2.45, 2.75) is 12.1 Å². The van der Waals surface area contributed by atoms with Crippen LogP contribution in [-0.2, 0) is 4.79 Å². The van der Waals surface area contributed by atoms with E-state index in [1.54, 1.807) is 17.0 Å². The summed E-state index contributed by atoms with van der Waals surface area (Å²) in [6, 6.07) is 9.68. The van der Waals surface area contributed by atoms with Crippen molar-refractivity contribution in [1.82, 2.24) is 24.8 Å². The topological polar surface area (TPSA) is 102 Å². The molecule has 1 amide bonds. The Balaban J connectivity index is 1.42. The Kier molecular flexibility index (Phi) is 3.98. The van der Waals surface area contributed by atoms with Crippen molar-refractivity contribution in [2.24, 2.45) is 0 Å². The van der Waals surface area contributed by atoms with Gasteiger partial charge in [0.05, 0.1) is 16.8 Å². The number of hydrogen-bond acceptors (Lipinski definition) is 6. The zero-order valence-corrected chi connectivity index (χ0v) is 14.1. The first kappa shape index (κ1) is 15.5. The molecular weight excluding hydrogens is 340 g/mol. The maximum atomic E-state index is 12.2. The lowest BCUT2D eigenvalue weighted by atomic mass is 10.2. The van der Waals surface area contributed by atoms with Crippen LogP contribution in [0, 0.1) is 6.92 Å². The van der Waals surface area contributed by atoms with E-state index in [2.05, 4.69) is 25.6 Å². The summed E-state index contributed by atoms with van der Waals surface area (Å²) in [5, 5.41) is 10.9. The molecule has 0 saturated carbocycles. The van der Waals surface area contributed by atoms with E-state index in [1.165, 1.54) is 11.8 Å². The minimum atomic E-state index is -0.217. The van der Waals surface area contributed by atoms with Gasteiger partial charge < -0.3 is 14.9 Å². The van der Waals surface area contributed by atoms with Crippen LogP contribution in [0.4, 0.5) is 5.82 Å². The fraction of sp³-hybridized carbons (Fsp3) is 0.125. The number of nitrogens with zero attached hydrogens (tertiary/aromatic N) is 4. The molecule has 0 aliphatic heterocycles. The average molecular weight is 354 g/mol. The number of benzene rings is 1. The number of imidazole rings is 1. The molecule has 0 spiro atoms. The molecule has 0 aliphatic carbocycles. The highest BCUT2D eigenvalue weighted by atomic mass is 32.2. The molecule has 0 aliphatic rings. The average Bonchev–Trinajstić information content (AvgIpc) is 3.32. The van der Waals surface area contributed by atoms with Crippen LogP contribution in [-0.4, -0.2) is 36.5 Å². The van der Waals surface area contributed by atoms with E-state index in [0.717, 1.165) is 16.6 Å². The van der Waals surface area contributed by atoms with E-state index in [1.807, 2.05) is 37.3 Å². The molecule has 0 bridgehead atoms. The summed E-state index contributed by atoms with van der Waals surface area (Å²) in [5.74, 6) is 0.687. The number of thioether (sulfide) groups is 1. The van der Waals surface area contributed by atoms with Crippen LogP contribution in [0.25, 0.3) is 16.9 Å². The largest absolute Gasteiger partial charge is 0.333 e. The summed E-state index contributed by atoms with van der Waals surface area (Å²) < 4.78 is 6.43. The van der Waals surface area contributed by atoms with Gasteiger partial charge in [-0.3, -0.25) is 4.79 Å². The molecule has 1 aromatic carbocycles. The summed E-state index contributed by atoms with van der Waals surface area (Å²) >= 11 is 1.32. The standard InChI is InChI=1S/C16H14N6O2S/c1-10-4-5-11-12(8-10)18-16(17-11)25-9-13(23)19-14-15(21-24-20-14)22-6-2-3-7-22/h2-8H,9H2,1H3,(H,17,18)(H,19,20,23). The maximum absolute atomic E-state index is 12.2. The molecule has 2 N–H and O–H groups in total. The number of carbonyl (C=O) groups excluding carboxylic acids is 1. The number of aromatic nitrogens is 5. The quantitative estimate of drug-likeness (QED) is 0.534. The van der Waals surface area contributed by atoms with Gasteiger partial charge in [0.15, 0.2) is 5.16 Å². The highest BCUT2D eigenvalue weighted by Crippen LogP contribution is 2.21. The number of carbonyl (C=O) groups is 1. The van der Waals surface area contributed by atoms with Crippen molar-refractivity contribution < 1.29 is 9.42 Å². The number of hydrogen-bond donors (Lipinski definition) is 2. The normalized spacial score (nSPS) is 11.1. The SMILES string of the molecule is Cc1ccc2nc(SCC(=O)Nc3nonc3-n3cccc3)[nH]c2c1. The van der Waals surface area contributed by atoms with E-state index in [-0.39, 0.29) is 17.5 Å². The van der Waals surface area contributed by atoms with Crippen LogP contribution in [0.1, 0.15) is 5.56 Å². The Hall–Kier alpha value is -3.07. The lowest BCUT2D eigenvalue weighted by molar-refractivity contribution is -0.113. The van der Waals surface area contributed by atoms with Gasteiger partial charge in [-0.05, 0) is 47.1 Å². The molecule has 0 unspecified atom stereocenters. The Bertz CT molecular complexity index is 1020. The predicted molar refractivity (Wildman–Crippen MR) is 93.8 cm³/mol. The molecule has 0 saturated heterocycles. The van der Waals surface area contributed by atoms with Crippen molar-refractivity contribution in [2.75, 3.05) is 11.1 Å². The number of aromatic amines is 1. The molecule has 0 atom stereocenters. The van der Waals surface area contributed by atoms with E-state index in [9.17, 15) is 4.79 Å². The number of H-pyrrole nitrogens is 1. The van der Waals surface area contributed by atoms with Crippen molar-refractivity contribution in [3.8, 4) is 5.82 Å². The Labute approximate surface area is 146 Å². The van der Waals surface area contributed by atoms with Gasteiger partial charge in [-0.15, -0.1) is 0 Å². The van der Waals surface area contributed by atoms with E-state index >= 15 is 0 Å². The number of nitrogens with one attached hydrogen (secondary N) is 2. The van der Waals surface area contributed by atoms with Crippen LogP contribution in [0.2, 0.25) is 0 Å². The minimum absolute atomic E-state index is 0.191. The van der Waals surface area contributed by atoms with Crippen LogP contribution >= 0.6 is 11.8 Å². The van der Waals surface area contributed by atoms with E-state index in [4.69, 9.17) is 4.63 Å². The maximum Gasteiger partial charge on any atom is 0.236 e. The fourth-order valence-electron chi connectivity index (χ4n) is 2.38. The molecule has 3 aromatic heterocycles. The lowest BCUT2D eigenvalue weighted by Gasteiger charge is -2.02. The number of amides is 1. The predicted octanol–water partition coefficient (Wildman–Crippen LogP) is 2.78. The second kappa shape index (κ2) is 6.44. The van der Waals surface area contributed by atoms with Gasteiger partial charge in [0, 0.05) is 12.4 Å². The zero-order chi connectivity index (χ0) is 17.2. The third-order valence-corrected chi connectivity index (χ3v) is 4.41. The van der Waals surface area contributed by atoms with Gasteiger partial charge in [-0.2, -0.15) is 0 Å². The van der Waals surface area contributed by atoms with Gasteiger partial charge in [0.2, 0.25) is 17.5 Å². The van der Waals surface area contributed by atoms with Crippen LogP contribution in [0.5, 0.6) is 0 Å². The van der Waals surface area contributed by atoms with Gasteiger partial charge in [0.25, 0.3) is 0 Å². The summed E-state index contributed by atoms with van der Waals surface area (Å²) in [5.41, 5.74) is 2.99. The molecule has 0 radical (unpaired) electrons. The summed E-state index contributed by atoms with van der Waals surface area (Å²) in [6.45, 7) is 2.02. The molecule has 8 nitrogen and oxygen atoms in total. The number of anilines is 1. The summed E-state index contributed by atoms with van der Waals surface area (Å²) in [7, 11) is 0. The molecular formula is C16H14N6O2S. The van der Waals surface area contributed by atoms with Crippen molar-refractivity contribution in [3.63, 3.8) is 0 Å². The number of aryl methyl sites for hydroxylation is 1. The fourth-order valence-corrected chi connectivity index (χ4v) is 3.06. The van der Waals surface area contributed by atoms with Crippen LogP contribution < -0.4 is 5.32 Å². The smallest absolute Gasteiger partial charge is 0.236 e. The highest BCUT2D eigenvalue weighted by molar-refractivity contribution is 7.99. The first-order chi connectivity index (χ1) is 12.2. The van der Waals surface area contributed by atoms with E-state index in [0.29, 0.717) is 11.0 Å². The molecule has 126 valence electrons. The summed E-state index contributed by atoms with van der Waals surface area (Å²) in [4.78, 5) is 19.8. The van der Waals surface area contributed by atoms with Gasteiger partial charge in [0.1, 0.15) is 0 Å². The van der Waals surface area contributed by atoms with Crippen molar-refractivity contribution in [1.29, 1.82) is 0 Å². The molecule has 3 heterocycles. The number of rotatable bonds is 5. The molecule has 4 rings (SSSR count). The lowest BCUT2D eigenvalue weighted by Crippen LogP contribution is -2.15. The second-order valence-electron chi connectivity index (χ2n) is 5.43. The number of fused-ring (bicyclic) bond motifs is 1. The van der Waals surface area contributed by atoms with Crippen LogP contribution in [0.15, 0.2) is 52.5 Å². The third-order valence-electron chi connectivity index (χ3n) is 3.53. The minimum Gasteiger partial charge on any atom is -0.333 e. The molecule has 9 heteroatoms. The van der Waals surface area contributed by atoms with Gasteiger partial charge in [-0.25, -0.2) is 9.61 Å². The van der Waals surface area contributed by atoms with Crippen molar-refractivity contribution in [3.05, 3.63) is 48.3 Å². The molecule has 4 aromatic rings. The summed E-state index contributed by atoms with van der Waals surface area (Å²) in [6.07, 6.45) is 3.58. The Morgan fingerprint density at radius 1 is 1.32 bits per heavy atom. The van der Waals surface area contributed by atoms with E-state index < -0.39 is 0 Å². The Morgan fingerprint density at radius 2 is 2.16 bits per heavy atom. The van der Waals surface area contributed by atoms with Crippen molar-refractivity contribution >= 4 is 34.5 Å². The first-order valence-electron chi connectivity index (χ1n) is 7.54. The molecule has 0 fully saturated rings. The monoisotopic (exact) mass is 354 g/mol. The Morgan fingerprint density at radius 3 is 3.00 bits per heavy atom. The highest BCUT2D eigenvalue weighted by Gasteiger charge is 2.15. The van der Waals surface area contributed by atoms with Crippen LogP contribution in [0.3, 0.4) is 0 Å².